The molecule has 6 heteroatoms. The van der Waals surface area contributed by atoms with Gasteiger partial charge in [-0.2, -0.15) is 5.10 Å². The van der Waals surface area contributed by atoms with Crippen molar-refractivity contribution in [2.45, 2.75) is 33.2 Å². The van der Waals surface area contributed by atoms with Gasteiger partial charge in [0.25, 0.3) is 0 Å². The highest BCUT2D eigenvalue weighted by molar-refractivity contribution is 5.92. The highest BCUT2D eigenvalue weighted by Crippen LogP contribution is 2.23. The first-order chi connectivity index (χ1) is 14.5. The summed E-state index contributed by atoms with van der Waals surface area (Å²) in [5.41, 5.74) is 5.85. The van der Waals surface area contributed by atoms with Crippen molar-refractivity contribution in [2.75, 3.05) is 14.2 Å². The Hall–Kier alpha value is -3.41. The Labute approximate surface area is 176 Å². The Morgan fingerprint density at radius 1 is 1.10 bits per heavy atom. The van der Waals surface area contributed by atoms with Gasteiger partial charge in [0, 0.05) is 42.4 Å². The number of carbonyl (C=O) groups excluding carboxylic acids is 1. The van der Waals surface area contributed by atoms with Crippen molar-refractivity contribution < 1.29 is 9.53 Å². The van der Waals surface area contributed by atoms with Gasteiger partial charge in [-0.3, -0.25) is 4.79 Å². The average Bonchev–Trinajstić information content (AvgIpc) is 3.12. The fourth-order valence-corrected chi connectivity index (χ4v) is 3.94. The topological polar surface area (TPSA) is 59.7 Å². The number of aromatic nitrogens is 3. The number of aryl methyl sites for hydroxylation is 2. The molecule has 1 amide bonds. The molecule has 2 aromatic carbocycles. The minimum Gasteiger partial charge on any atom is -0.496 e. The molecular weight excluding hydrogens is 376 g/mol. The number of amides is 1. The number of carbonyl (C=O) groups is 1. The number of nitrogens with zero attached hydrogens (tertiary/aromatic N) is 4. The van der Waals surface area contributed by atoms with Crippen LogP contribution in [0.5, 0.6) is 5.75 Å². The third kappa shape index (κ3) is 3.61. The number of methoxy groups -OCH3 is 1. The van der Waals surface area contributed by atoms with E-state index in [-0.39, 0.29) is 5.91 Å². The number of rotatable bonds is 6. The standard InChI is InChI=1S/C24H26N4O2/c1-16-19(17(2)28-24(25-16)20-10-6-7-11-21(20)26-28)13-14-23(29)27(3)15-18-9-5-8-12-22(18)30-4/h5-12H,13-15H2,1-4H3. The van der Waals surface area contributed by atoms with Gasteiger partial charge in [0.1, 0.15) is 5.75 Å². The van der Waals surface area contributed by atoms with E-state index >= 15 is 0 Å². The van der Waals surface area contributed by atoms with E-state index in [2.05, 4.69) is 0 Å². The second kappa shape index (κ2) is 8.14. The molecule has 0 spiro atoms. The smallest absolute Gasteiger partial charge is 0.222 e. The van der Waals surface area contributed by atoms with Crippen LogP contribution in [0, 0.1) is 13.8 Å². The monoisotopic (exact) mass is 402 g/mol. The van der Waals surface area contributed by atoms with E-state index in [9.17, 15) is 4.79 Å². The number of para-hydroxylation sites is 1. The first-order valence-corrected chi connectivity index (χ1v) is 10.1. The normalized spacial score (nSPS) is 11.2. The van der Waals surface area contributed by atoms with Crippen LogP contribution >= 0.6 is 0 Å². The zero-order chi connectivity index (χ0) is 21.3. The highest BCUT2D eigenvalue weighted by atomic mass is 16.5. The Balaban J connectivity index is 1.53. The lowest BCUT2D eigenvalue weighted by atomic mass is 10.1. The van der Waals surface area contributed by atoms with Gasteiger partial charge in [-0.25, -0.2) is 9.50 Å². The fourth-order valence-electron chi connectivity index (χ4n) is 3.94. The lowest BCUT2D eigenvalue weighted by Crippen LogP contribution is -2.26. The van der Waals surface area contributed by atoms with Gasteiger partial charge in [0.05, 0.1) is 12.6 Å². The predicted octanol–water partition coefficient (Wildman–Crippen LogP) is 4.10. The fraction of sp³-hybridized carbons (Fsp3) is 0.292. The summed E-state index contributed by atoms with van der Waals surface area (Å²) >= 11 is 0. The molecule has 0 fully saturated rings. The van der Waals surface area contributed by atoms with Crippen molar-refractivity contribution in [1.82, 2.24) is 19.5 Å². The lowest BCUT2D eigenvalue weighted by molar-refractivity contribution is -0.130. The molecule has 2 heterocycles. The molecule has 0 unspecified atom stereocenters. The molecule has 30 heavy (non-hydrogen) atoms. The van der Waals surface area contributed by atoms with E-state index < -0.39 is 0 Å². The van der Waals surface area contributed by atoms with E-state index in [0.717, 1.165) is 44.8 Å². The van der Waals surface area contributed by atoms with Gasteiger partial charge in [-0.05, 0) is 44.0 Å². The summed E-state index contributed by atoms with van der Waals surface area (Å²) < 4.78 is 7.30. The molecule has 0 aliphatic rings. The molecule has 0 radical (unpaired) electrons. The highest BCUT2D eigenvalue weighted by Gasteiger charge is 2.17. The van der Waals surface area contributed by atoms with Crippen LogP contribution < -0.4 is 4.74 Å². The molecule has 4 rings (SSSR count). The van der Waals surface area contributed by atoms with E-state index in [0.29, 0.717) is 19.4 Å². The minimum absolute atomic E-state index is 0.0884. The summed E-state index contributed by atoms with van der Waals surface area (Å²) in [5.74, 6) is 0.884. The number of hydrogen-bond acceptors (Lipinski definition) is 4. The van der Waals surface area contributed by atoms with E-state index in [1.54, 1.807) is 12.0 Å². The Kier molecular flexibility index (Phi) is 5.40. The summed E-state index contributed by atoms with van der Waals surface area (Å²) in [6, 6.07) is 15.8. The average molecular weight is 402 g/mol. The van der Waals surface area contributed by atoms with E-state index in [4.69, 9.17) is 14.8 Å². The number of hydrogen-bond donors (Lipinski definition) is 0. The third-order valence-corrected chi connectivity index (χ3v) is 5.63. The van der Waals surface area contributed by atoms with Crippen molar-refractivity contribution in [2.24, 2.45) is 0 Å². The van der Waals surface area contributed by atoms with Crippen LogP contribution in [-0.4, -0.2) is 39.6 Å². The van der Waals surface area contributed by atoms with E-state index in [1.807, 2.05) is 73.9 Å². The minimum atomic E-state index is 0.0884. The molecule has 0 aliphatic heterocycles. The van der Waals surface area contributed by atoms with Gasteiger partial charge in [-0.15, -0.1) is 0 Å². The van der Waals surface area contributed by atoms with Crippen molar-refractivity contribution in [1.29, 1.82) is 0 Å². The molecule has 6 nitrogen and oxygen atoms in total. The second-order valence-corrected chi connectivity index (χ2v) is 7.58. The van der Waals surface area contributed by atoms with E-state index in [1.165, 1.54) is 0 Å². The molecule has 4 aromatic rings. The van der Waals surface area contributed by atoms with Gasteiger partial charge < -0.3 is 9.64 Å². The largest absolute Gasteiger partial charge is 0.496 e. The predicted molar refractivity (Wildman–Crippen MR) is 118 cm³/mol. The van der Waals surface area contributed by atoms with Crippen LogP contribution in [0.1, 0.15) is 28.9 Å². The molecule has 2 aromatic heterocycles. The van der Waals surface area contributed by atoms with Crippen LogP contribution in [0.25, 0.3) is 16.6 Å². The second-order valence-electron chi connectivity index (χ2n) is 7.58. The van der Waals surface area contributed by atoms with Crippen molar-refractivity contribution in [3.05, 3.63) is 71.0 Å². The van der Waals surface area contributed by atoms with Crippen molar-refractivity contribution in [3.63, 3.8) is 0 Å². The van der Waals surface area contributed by atoms with Crippen LogP contribution in [0.3, 0.4) is 0 Å². The molecule has 0 bridgehead atoms. The van der Waals surface area contributed by atoms with Gasteiger partial charge in [0.2, 0.25) is 5.91 Å². The zero-order valence-corrected chi connectivity index (χ0v) is 17.8. The first-order valence-electron chi connectivity index (χ1n) is 10.1. The molecule has 0 atom stereocenters. The summed E-state index contributed by atoms with van der Waals surface area (Å²) in [6.07, 6.45) is 1.05. The molecular formula is C24H26N4O2. The van der Waals surface area contributed by atoms with Crippen LogP contribution in [0.4, 0.5) is 0 Å². The number of benzene rings is 2. The summed E-state index contributed by atoms with van der Waals surface area (Å²) in [4.78, 5) is 19.3. The Morgan fingerprint density at radius 2 is 1.83 bits per heavy atom. The maximum Gasteiger partial charge on any atom is 0.222 e. The number of ether oxygens (including phenoxy) is 1. The Morgan fingerprint density at radius 3 is 2.63 bits per heavy atom. The zero-order valence-electron chi connectivity index (χ0n) is 17.8. The molecule has 154 valence electrons. The molecule has 0 saturated heterocycles. The van der Waals surface area contributed by atoms with Crippen LogP contribution in [0.15, 0.2) is 48.5 Å². The molecule has 0 N–H and O–H groups in total. The quantitative estimate of drug-likeness (QED) is 0.487. The maximum atomic E-state index is 12.8. The molecule has 0 saturated carbocycles. The molecule has 0 aliphatic carbocycles. The SMILES string of the molecule is COc1ccccc1CN(C)C(=O)CCc1c(C)nc2c3ccccc3nn2c1C. The summed E-state index contributed by atoms with van der Waals surface area (Å²) in [5, 5.41) is 5.74. The summed E-state index contributed by atoms with van der Waals surface area (Å²) in [6.45, 7) is 4.57. The van der Waals surface area contributed by atoms with Gasteiger partial charge >= 0.3 is 0 Å². The first kappa shape index (κ1) is 19.9. The van der Waals surface area contributed by atoms with Crippen LogP contribution in [-0.2, 0) is 17.8 Å². The summed E-state index contributed by atoms with van der Waals surface area (Å²) in [7, 11) is 3.48. The van der Waals surface area contributed by atoms with Gasteiger partial charge in [-0.1, -0.05) is 30.3 Å². The van der Waals surface area contributed by atoms with Gasteiger partial charge in [0.15, 0.2) is 5.65 Å². The van der Waals surface area contributed by atoms with Crippen molar-refractivity contribution in [3.8, 4) is 5.75 Å². The Bertz CT molecular complexity index is 1230. The van der Waals surface area contributed by atoms with Crippen LogP contribution in [0.2, 0.25) is 0 Å². The lowest BCUT2D eigenvalue weighted by Gasteiger charge is -2.19. The number of fused-ring (bicyclic) bond motifs is 3. The van der Waals surface area contributed by atoms with Crippen molar-refractivity contribution >= 4 is 22.5 Å². The third-order valence-electron chi connectivity index (χ3n) is 5.63. The maximum absolute atomic E-state index is 12.8.